The Kier molecular flexibility index (Phi) is 65.2. The zero-order chi connectivity index (χ0) is 106. The van der Waals surface area contributed by atoms with E-state index in [1.54, 1.807) is 6.66 Å². The molecule has 34 heteroatoms. The summed E-state index contributed by atoms with van der Waals surface area (Å²) in [6.07, 6.45) is 12.9. The van der Waals surface area contributed by atoms with Crippen molar-refractivity contribution in [2.45, 2.75) is 192 Å². The lowest BCUT2D eigenvalue weighted by Crippen LogP contribution is -2.28. The first-order valence-electron chi connectivity index (χ1n) is 52.9. The summed E-state index contributed by atoms with van der Waals surface area (Å²) in [6.45, 7) is 36.1. The Morgan fingerprint density at radius 1 is 0.268 bits per heavy atom. The van der Waals surface area contributed by atoms with Crippen molar-refractivity contribution in [2.24, 2.45) is 0 Å². The van der Waals surface area contributed by atoms with Gasteiger partial charge < -0.3 is 133 Å². The van der Waals surface area contributed by atoms with E-state index >= 15 is 0 Å². The Morgan fingerprint density at radius 3 is 0.779 bits per heavy atom. The van der Waals surface area contributed by atoms with Gasteiger partial charge in [0.2, 0.25) is 7.37 Å². The summed E-state index contributed by atoms with van der Waals surface area (Å²) in [5.74, 6) is 5.87. The number of amides is 1. The molecule has 1 unspecified atom stereocenters. The Bertz CT molecular complexity index is 4880. The molecule has 1 N–H and O–H groups in total. The van der Waals surface area contributed by atoms with Gasteiger partial charge in [-0.15, -0.1) is 0 Å². The van der Waals surface area contributed by atoms with Crippen LogP contribution in [0.2, 0.25) is 0 Å². The summed E-state index contributed by atoms with van der Waals surface area (Å²) in [4.78, 5) is 25.0. The molecule has 0 fully saturated rings. The van der Waals surface area contributed by atoms with E-state index in [-0.39, 0.29) is 76.4 Å². The molecule has 0 spiro atoms. The van der Waals surface area contributed by atoms with Gasteiger partial charge in [0.1, 0.15) is 110 Å². The number of hydrogen-bond acceptors (Lipinski definition) is 31. The first-order chi connectivity index (χ1) is 72.8. The van der Waals surface area contributed by atoms with E-state index < -0.39 is 25.0 Å². The van der Waals surface area contributed by atoms with Crippen molar-refractivity contribution in [1.82, 2.24) is 5.32 Å². The first-order valence-corrected chi connectivity index (χ1v) is 55.2. The van der Waals surface area contributed by atoms with Crippen LogP contribution >= 0.6 is 7.37 Å². The number of benzene rings is 8. The molecule has 0 aliphatic rings. The highest BCUT2D eigenvalue weighted by Gasteiger charge is 2.21. The largest absolute Gasteiger partial charge is 0.494 e. The minimum atomic E-state index is -2.56. The number of nitro benzene ring substituents is 1. The highest BCUT2D eigenvalue weighted by molar-refractivity contribution is 7.58. The summed E-state index contributed by atoms with van der Waals surface area (Å²) in [6, 6.07) is 46.3. The van der Waals surface area contributed by atoms with Crippen LogP contribution in [0, 0.1) is 44.7 Å². The molecule has 828 valence electrons. The van der Waals surface area contributed by atoms with Crippen LogP contribution in [0.25, 0.3) is 0 Å². The van der Waals surface area contributed by atoms with Crippen LogP contribution in [0.15, 0.2) is 146 Å². The van der Waals surface area contributed by atoms with Crippen LogP contribution in [0.3, 0.4) is 0 Å². The van der Waals surface area contributed by atoms with Gasteiger partial charge in [-0.2, -0.15) is 0 Å². The second-order valence-electron chi connectivity index (χ2n) is 36.0. The van der Waals surface area contributed by atoms with Crippen molar-refractivity contribution < 1.29 is 142 Å². The van der Waals surface area contributed by atoms with Gasteiger partial charge in [-0.1, -0.05) is 126 Å². The number of hydrogen-bond donors (Lipinski definition) is 1. The van der Waals surface area contributed by atoms with Gasteiger partial charge in [-0.25, -0.2) is 4.79 Å². The Labute approximate surface area is 883 Å². The zero-order valence-corrected chi connectivity index (χ0v) is 90.9. The van der Waals surface area contributed by atoms with E-state index in [2.05, 4.69) is 115 Å². The van der Waals surface area contributed by atoms with Crippen LogP contribution in [-0.4, -0.2) is 255 Å². The third kappa shape index (κ3) is 59.0. The van der Waals surface area contributed by atoms with Crippen molar-refractivity contribution in [3.05, 3.63) is 228 Å². The average Bonchev–Trinajstić information content (AvgIpc) is 0.836. The molecule has 0 bridgehead atoms. The minimum absolute atomic E-state index is 0.0465. The highest BCUT2D eigenvalue weighted by Crippen LogP contribution is 2.42. The van der Waals surface area contributed by atoms with Crippen LogP contribution < -0.4 is 52.7 Å². The predicted molar refractivity (Wildman–Crippen MR) is 572 cm³/mol. The van der Waals surface area contributed by atoms with E-state index in [0.717, 1.165) is 136 Å². The molecule has 1 atom stereocenters. The fourth-order valence-electron chi connectivity index (χ4n) is 15.2. The third-order valence-electron chi connectivity index (χ3n) is 22.4. The van der Waals surface area contributed by atoms with Gasteiger partial charge >= 0.3 is 6.09 Å². The summed E-state index contributed by atoms with van der Waals surface area (Å²) >= 11 is 0. The topological polar surface area (TPSA) is 339 Å². The van der Waals surface area contributed by atoms with Crippen LogP contribution in [0.4, 0.5) is 10.5 Å². The molecule has 0 saturated carbocycles. The number of unbranched alkanes of at least 4 members (excludes halogenated alkanes) is 9. The molecule has 0 aliphatic heterocycles. The van der Waals surface area contributed by atoms with Gasteiger partial charge in [0.05, 0.1) is 235 Å². The molecule has 33 nitrogen and oxygen atoms in total. The average molecular weight is 2100 g/mol. The summed E-state index contributed by atoms with van der Waals surface area (Å²) in [5.41, 5.74) is 11.4. The molecule has 1 amide bonds. The van der Waals surface area contributed by atoms with Gasteiger partial charge in [-0.3, -0.25) is 14.7 Å². The molecule has 8 rings (SSSR count). The van der Waals surface area contributed by atoms with E-state index in [9.17, 15) is 19.5 Å². The lowest BCUT2D eigenvalue weighted by molar-refractivity contribution is -0.385. The Hall–Kier alpha value is -9.98. The molecule has 0 saturated heterocycles. The number of rotatable bonds is 92. The van der Waals surface area contributed by atoms with Crippen LogP contribution in [0.1, 0.15) is 177 Å². The maximum atomic E-state index is 13.1. The van der Waals surface area contributed by atoms with Crippen molar-refractivity contribution in [3.63, 3.8) is 0 Å². The zero-order valence-electron chi connectivity index (χ0n) is 90.0. The third-order valence-corrected chi connectivity index (χ3v) is 24.2. The summed E-state index contributed by atoms with van der Waals surface area (Å²) < 4.78 is 171. The van der Waals surface area contributed by atoms with E-state index in [0.29, 0.717) is 264 Å². The molecule has 8 aromatic carbocycles. The number of nitrogens with zero attached hydrogens (tertiary/aromatic N) is 1. The van der Waals surface area contributed by atoms with E-state index in [1.165, 1.54) is 37.5 Å². The smallest absolute Gasteiger partial charge is 0.407 e. The van der Waals surface area contributed by atoms with Crippen LogP contribution in [0.5, 0.6) is 57.5 Å². The number of nitrogens with one attached hydrogen (secondary N) is 1. The van der Waals surface area contributed by atoms with Crippen molar-refractivity contribution in [1.29, 1.82) is 0 Å². The molecule has 0 heterocycles. The molecule has 0 aliphatic carbocycles. The van der Waals surface area contributed by atoms with E-state index in [4.69, 9.17) is 128 Å². The minimum Gasteiger partial charge on any atom is -0.494 e. The number of carbonyl (C=O) groups is 1. The fraction of sp³-hybridized carbons (Fsp3) is 0.574. The lowest BCUT2D eigenvalue weighted by Gasteiger charge is -2.17. The molecule has 8 aromatic rings. The van der Waals surface area contributed by atoms with E-state index in [1.807, 2.05) is 79.7 Å². The summed E-state index contributed by atoms with van der Waals surface area (Å²) in [7, 11) is -2.56. The molecule has 0 aromatic heterocycles. The SMILES string of the molecule is CCCCCCOc1cc(C)cc(COc2cc(COc3cc(COc4ccc([N+](=O)[O-])c(COC(=O)NCCOCCOCCOCCOCCOCCOCCOCCOCCOCCOCCOCCOCCOCCOCCOCCP(C)(=O)OCC)c4)cc(OCc4cc(OCc5cc(C)cc(OCCCCCC)c5)cc(OCc5cc(C)cc(OCCCCCC)c5)c4)c3)cc(OCc3cc(C)cc(C)c3)c2)c1. The fourth-order valence-corrected chi connectivity index (χ4v) is 16.3. The van der Waals surface area contributed by atoms with Gasteiger partial charge in [0.15, 0.2) is 0 Å². The lowest BCUT2D eigenvalue weighted by atomic mass is 10.1. The highest BCUT2D eigenvalue weighted by atomic mass is 31.2. The second-order valence-corrected chi connectivity index (χ2v) is 38.8. The normalized spacial score (nSPS) is 11.8. The Balaban J connectivity index is 0.746. The number of ether oxygens (including phenoxy) is 26. The number of nitro groups is 1. The van der Waals surface area contributed by atoms with Gasteiger partial charge in [0.25, 0.3) is 5.69 Å². The standard InChI is InChI=1S/C115H167N2O31P/c1-11-15-18-21-27-137-105-67-93(7)64-97(70-105)84-142-109-76-101(75-108(80-109)141-83-96-62-91(5)61-92(6)63-96)88-145-112-73-100(74-113(82-112)146-89-102-77-110(143-85-98-65-94(8)68-106(71-98)138-28-22-19-16-12-2)81-111(78-102)144-86-99-66-95(9)69-107(72-99)139-29-23-20-17-13-3)87-140-104-24-25-114(117(119)120)103(79-104)90-147-115(118)116-26-30-122-31-32-123-33-34-124-35-36-125-37-38-126-39-40-127-41-42-128-43-44-129-45-46-130-47-48-131-49-50-132-51-52-133-53-54-134-55-56-135-57-58-136-59-60-149(10,121)148-14-4/h24-25,61-82H,11-23,26-60,83-90H2,1-10H3,(H,116,118). The molecule has 149 heavy (non-hydrogen) atoms. The second kappa shape index (κ2) is 78.2. The van der Waals surface area contributed by atoms with Crippen LogP contribution in [-0.2, 0) is 138 Å². The molecule has 0 radical (unpaired) electrons. The number of alkyl carbamates (subject to hydrolysis) is 1. The first kappa shape index (κ1) is 124. The number of carbonyl (C=O) groups excluding carboxylic acids is 1. The molecular weight excluding hydrogens is 1940 g/mol. The predicted octanol–water partition coefficient (Wildman–Crippen LogP) is 21.5. The quantitative estimate of drug-likeness (QED) is 0.0160. The monoisotopic (exact) mass is 2100 g/mol. The van der Waals surface area contributed by atoms with Gasteiger partial charge in [-0.05, 0) is 201 Å². The van der Waals surface area contributed by atoms with Crippen molar-refractivity contribution in [2.75, 3.05) is 244 Å². The summed E-state index contributed by atoms with van der Waals surface area (Å²) in [5, 5.41) is 15.1. The maximum absolute atomic E-state index is 13.1. The van der Waals surface area contributed by atoms with Gasteiger partial charge in [0, 0.05) is 43.6 Å². The maximum Gasteiger partial charge on any atom is 0.407 e. The Morgan fingerprint density at radius 2 is 0.510 bits per heavy atom. The number of aryl methyl sites for hydroxylation is 5. The van der Waals surface area contributed by atoms with Crippen molar-refractivity contribution >= 4 is 19.1 Å². The molecular formula is C115H167N2O31P. The van der Waals surface area contributed by atoms with Crippen molar-refractivity contribution in [3.8, 4) is 57.5 Å².